The molecule has 0 saturated heterocycles. The zero-order valence-electron chi connectivity index (χ0n) is 10.4. The number of aryl methyl sites for hydroxylation is 1. The minimum absolute atomic E-state index is 0.855. The smallest absolute Gasteiger partial charge is 0.0346 e. The molecule has 0 amide bonds. The lowest BCUT2D eigenvalue weighted by atomic mass is 10.0. The van der Waals surface area contributed by atoms with Crippen LogP contribution >= 0.6 is 0 Å². The minimum atomic E-state index is 0.855. The molecule has 1 heterocycles. The Bertz CT molecular complexity index is 475. The van der Waals surface area contributed by atoms with Crippen LogP contribution in [0.4, 0.5) is 0 Å². The predicted molar refractivity (Wildman–Crippen MR) is 71.8 cm³/mol. The molecule has 2 nitrogen and oxygen atoms in total. The van der Waals surface area contributed by atoms with Gasteiger partial charge in [0.15, 0.2) is 0 Å². The van der Waals surface area contributed by atoms with E-state index in [1.807, 2.05) is 19.4 Å². The number of hydrogen-bond donors (Lipinski definition) is 1. The summed E-state index contributed by atoms with van der Waals surface area (Å²) in [6, 6.07) is 10.9. The van der Waals surface area contributed by atoms with Gasteiger partial charge in [-0.2, -0.15) is 0 Å². The molecular weight excluding hydrogens is 208 g/mol. The lowest BCUT2D eigenvalue weighted by molar-refractivity contribution is 0.813. The van der Waals surface area contributed by atoms with Crippen molar-refractivity contribution in [3.05, 3.63) is 53.9 Å². The molecule has 0 aliphatic carbocycles. The van der Waals surface area contributed by atoms with Crippen LogP contribution in [0, 0.1) is 0 Å². The van der Waals surface area contributed by atoms with E-state index in [2.05, 4.69) is 47.6 Å². The molecule has 1 aromatic carbocycles. The van der Waals surface area contributed by atoms with Gasteiger partial charge >= 0.3 is 0 Å². The Morgan fingerprint density at radius 1 is 1.00 bits per heavy atom. The normalized spacial score (nSPS) is 10.5. The molecule has 0 aliphatic heterocycles. The van der Waals surface area contributed by atoms with Gasteiger partial charge in [-0.1, -0.05) is 31.2 Å². The Balaban J connectivity index is 2.28. The average Bonchev–Trinajstić information content (AvgIpc) is 2.40. The van der Waals surface area contributed by atoms with Gasteiger partial charge in [-0.05, 0) is 36.2 Å². The highest BCUT2D eigenvalue weighted by Crippen LogP contribution is 2.20. The zero-order valence-corrected chi connectivity index (χ0v) is 10.4. The van der Waals surface area contributed by atoms with Gasteiger partial charge in [-0.3, -0.25) is 4.98 Å². The molecule has 0 unspecified atom stereocenters. The highest BCUT2D eigenvalue weighted by molar-refractivity contribution is 5.63. The SMILES string of the molecule is CCc1ccc(-c2cncc(CNC)c2)cc1. The summed E-state index contributed by atoms with van der Waals surface area (Å²) in [6.07, 6.45) is 4.90. The summed E-state index contributed by atoms with van der Waals surface area (Å²) in [6.45, 7) is 3.03. The van der Waals surface area contributed by atoms with Crippen molar-refractivity contribution >= 4 is 0 Å². The number of rotatable bonds is 4. The second kappa shape index (κ2) is 5.60. The molecule has 0 spiro atoms. The molecule has 2 rings (SSSR count). The number of hydrogen-bond acceptors (Lipinski definition) is 2. The molecule has 0 fully saturated rings. The van der Waals surface area contributed by atoms with E-state index in [-0.39, 0.29) is 0 Å². The molecule has 0 radical (unpaired) electrons. The van der Waals surface area contributed by atoms with Crippen LogP contribution in [0.15, 0.2) is 42.7 Å². The predicted octanol–water partition coefficient (Wildman–Crippen LogP) is 3.03. The lowest BCUT2D eigenvalue weighted by Gasteiger charge is -2.05. The van der Waals surface area contributed by atoms with E-state index in [4.69, 9.17) is 0 Å². The Hall–Kier alpha value is -1.67. The fourth-order valence-electron chi connectivity index (χ4n) is 1.88. The average molecular weight is 226 g/mol. The number of benzene rings is 1. The van der Waals surface area contributed by atoms with Crippen LogP contribution in [-0.4, -0.2) is 12.0 Å². The van der Waals surface area contributed by atoms with E-state index in [1.165, 1.54) is 22.3 Å². The number of pyridine rings is 1. The molecule has 1 aromatic heterocycles. The van der Waals surface area contributed by atoms with Gasteiger partial charge in [0, 0.05) is 24.5 Å². The fraction of sp³-hybridized carbons (Fsp3) is 0.267. The molecule has 17 heavy (non-hydrogen) atoms. The van der Waals surface area contributed by atoms with Crippen molar-refractivity contribution in [1.82, 2.24) is 10.3 Å². The Labute approximate surface area is 103 Å². The van der Waals surface area contributed by atoms with Crippen molar-refractivity contribution in [2.45, 2.75) is 19.9 Å². The fourth-order valence-corrected chi connectivity index (χ4v) is 1.88. The first-order valence-electron chi connectivity index (χ1n) is 6.01. The molecule has 0 saturated carbocycles. The third-order valence-corrected chi connectivity index (χ3v) is 2.87. The number of aromatic nitrogens is 1. The summed E-state index contributed by atoms with van der Waals surface area (Å²) < 4.78 is 0. The van der Waals surface area contributed by atoms with E-state index in [0.717, 1.165) is 13.0 Å². The van der Waals surface area contributed by atoms with Gasteiger partial charge in [-0.15, -0.1) is 0 Å². The first kappa shape index (κ1) is 11.8. The largest absolute Gasteiger partial charge is 0.316 e. The first-order chi connectivity index (χ1) is 8.33. The molecule has 88 valence electrons. The maximum absolute atomic E-state index is 4.28. The molecule has 0 bridgehead atoms. The summed E-state index contributed by atoms with van der Waals surface area (Å²) in [5, 5.41) is 3.14. The third kappa shape index (κ3) is 2.92. The van der Waals surface area contributed by atoms with E-state index in [1.54, 1.807) is 0 Å². The van der Waals surface area contributed by atoms with E-state index in [0.29, 0.717) is 0 Å². The summed E-state index contributed by atoms with van der Waals surface area (Å²) in [4.78, 5) is 4.28. The standard InChI is InChI=1S/C15H18N2/c1-3-12-4-6-14(7-5-12)15-8-13(9-16-2)10-17-11-15/h4-8,10-11,16H,3,9H2,1-2H3. The van der Waals surface area contributed by atoms with E-state index in [9.17, 15) is 0 Å². The van der Waals surface area contributed by atoms with Crippen LogP contribution in [0.3, 0.4) is 0 Å². The van der Waals surface area contributed by atoms with Gasteiger partial charge in [-0.25, -0.2) is 0 Å². The number of nitrogens with one attached hydrogen (secondary N) is 1. The van der Waals surface area contributed by atoms with Gasteiger partial charge in [0.1, 0.15) is 0 Å². The van der Waals surface area contributed by atoms with Crippen molar-refractivity contribution in [3.63, 3.8) is 0 Å². The molecule has 1 N–H and O–H groups in total. The highest BCUT2D eigenvalue weighted by atomic mass is 14.8. The monoisotopic (exact) mass is 226 g/mol. The topological polar surface area (TPSA) is 24.9 Å². The second-order valence-electron chi connectivity index (χ2n) is 4.16. The quantitative estimate of drug-likeness (QED) is 0.866. The zero-order chi connectivity index (χ0) is 12.1. The van der Waals surface area contributed by atoms with Crippen LogP contribution in [0.5, 0.6) is 0 Å². The van der Waals surface area contributed by atoms with Crippen LogP contribution < -0.4 is 5.32 Å². The summed E-state index contributed by atoms with van der Waals surface area (Å²) in [7, 11) is 1.95. The molecule has 0 aliphatic rings. The lowest BCUT2D eigenvalue weighted by Crippen LogP contribution is -2.05. The second-order valence-corrected chi connectivity index (χ2v) is 4.16. The van der Waals surface area contributed by atoms with E-state index < -0.39 is 0 Å². The Morgan fingerprint density at radius 2 is 1.76 bits per heavy atom. The van der Waals surface area contributed by atoms with Crippen molar-refractivity contribution < 1.29 is 0 Å². The van der Waals surface area contributed by atoms with Gasteiger partial charge in [0.2, 0.25) is 0 Å². The third-order valence-electron chi connectivity index (χ3n) is 2.87. The van der Waals surface area contributed by atoms with Crippen LogP contribution in [-0.2, 0) is 13.0 Å². The van der Waals surface area contributed by atoms with Crippen molar-refractivity contribution in [2.75, 3.05) is 7.05 Å². The minimum Gasteiger partial charge on any atom is -0.316 e. The summed E-state index contributed by atoms with van der Waals surface area (Å²) >= 11 is 0. The van der Waals surface area contributed by atoms with Crippen molar-refractivity contribution in [1.29, 1.82) is 0 Å². The van der Waals surface area contributed by atoms with Gasteiger partial charge in [0.05, 0.1) is 0 Å². The Morgan fingerprint density at radius 3 is 2.41 bits per heavy atom. The molecule has 2 heteroatoms. The highest BCUT2D eigenvalue weighted by Gasteiger charge is 2.00. The molecular formula is C15H18N2. The van der Waals surface area contributed by atoms with Crippen LogP contribution in [0.1, 0.15) is 18.1 Å². The summed E-state index contributed by atoms with van der Waals surface area (Å²) in [5.41, 5.74) is 4.99. The van der Waals surface area contributed by atoms with Gasteiger partial charge < -0.3 is 5.32 Å². The van der Waals surface area contributed by atoms with Gasteiger partial charge in [0.25, 0.3) is 0 Å². The van der Waals surface area contributed by atoms with Crippen molar-refractivity contribution in [3.8, 4) is 11.1 Å². The molecule has 2 aromatic rings. The maximum Gasteiger partial charge on any atom is 0.0346 e. The first-order valence-corrected chi connectivity index (χ1v) is 6.01. The van der Waals surface area contributed by atoms with Crippen LogP contribution in [0.25, 0.3) is 11.1 Å². The van der Waals surface area contributed by atoms with Crippen LogP contribution in [0.2, 0.25) is 0 Å². The number of nitrogens with zero attached hydrogens (tertiary/aromatic N) is 1. The molecule has 0 atom stereocenters. The Kier molecular flexibility index (Phi) is 3.89. The maximum atomic E-state index is 4.28. The summed E-state index contributed by atoms with van der Waals surface area (Å²) in [5.74, 6) is 0. The van der Waals surface area contributed by atoms with Crippen molar-refractivity contribution in [2.24, 2.45) is 0 Å². The van der Waals surface area contributed by atoms with E-state index >= 15 is 0 Å².